The van der Waals surface area contributed by atoms with Gasteiger partial charge in [0.1, 0.15) is 0 Å². The van der Waals surface area contributed by atoms with E-state index in [2.05, 4.69) is 4.99 Å². The van der Waals surface area contributed by atoms with E-state index in [9.17, 15) is 10.1 Å². The second kappa shape index (κ2) is 8.49. The predicted octanol–water partition coefficient (Wildman–Crippen LogP) is 2.40. The quantitative estimate of drug-likeness (QED) is 0.256. The van der Waals surface area contributed by atoms with E-state index in [0.29, 0.717) is 36.2 Å². The van der Waals surface area contributed by atoms with E-state index in [1.165, 1.54) is 12.1 Å². The number of guanidine groups is 1. The summed E-state index contributed by atoms with van der Waals surface area (Å²) in [5.41, 5.74) is 6.62. The van der Waals surface area contributed by atoms with Gasteiger partial charge in [-0.25, -0.2) is 4.99 Å². The molecule has 1 fully saturated rings. The van der Waals surface area contributed by atoms with E-state index >= 15 is 0 Å². The van der Waals surface area contributed by atoms with Crippen molar-refractivity contribution < 1.29 is 9.66 Å². The standard InChI is InChI=1S/C13H17ClN4O3.HI/c1-9-8-17(4-5-21-9)13(15)16-7-10-2-3-11(18(19)20)6-12(10)14;/h2-3,6,9H,4-5,7-8H2,1H3,(H2,15,16);1H. The number of non-ortho nitro benzene ring substituents is 1. The van der Waals surface area contributed by atoms with Crippen molar-refractivity contribution in [1.82, 2.24) is 4.90 Å². The summed E-state index contributed by atoms with van der Waals surface area (Å²) in [5.74, 6) is 0.430. The maximum absolute atomic E-state index is 10.6. The molecule has 1 heterocycles. The van der Waals surface area contributed by atoms with E-state index < -0.39 is 4.92 Å². The number of nitrogens with zero attached hydrogens (tertiary/aromatic N) is 3. The van der Waals surface area contributed by atoms with Gasteiger partial charge in [0, 0.05) is 25.2 Å². The number of hydrogen-bond donors (Lipinski definition) is 1. The predicted molar refractivity (Wildman–Crippen MR) is 95.8 cm³/mol. The van der Waals surface area contributed by atoms with Crippen LogP contribution >= 0.6 is 35.6 Å². The molecule has 1 atom stereocenters. The average Bonchev–Trinajstić information content (AvgIpc) is 2.45. The molecule has 1 saturated heterocycles. The normalized spacial score (nSPS) is 18.7. The van der Waals surface area contributed by atoms with Crippen molar-refractivity contribution in [3.63, 3.8) is 0 Å². The van der Waals surface area contributed by atoms with Crippen molar-refractivity contribution in [2.24, 2.45) is 10.7 Å². The van der Waals surface area contributed by atoms with Gasteiger partial charge in [-0.3, -0.25) is 10.1 Å². The van der Waals surface area contributed by atoms with Crippen molar-refractivity contribution in [2.45, 2.75) is 19.6 Å². The Bertz CT molecular complexity index is 570. The molecule has 122 valence electrons. The van der Waals surface area contributed by atoms with Crippen LogP contribution < -0.4 is 5.73 Å². The number of morpholine rings is 1. The summed E-state index contributed by atoms with van der Waals surface area (Å²) in [5, 5.41) is 11.0. The highest BCUT2D eigenvalue weighted by Crippen LogP contribution is 2.23. The molecule has 2 N–H and O–H groups in total. The van der Waals surface area contributed by atoms with Crippen LogP contribution in [0, 0.1) is 10.1 Å². The molecule has 1 aliphatic rings. The van der Waals surface area contributed by atoms with E-state index in [0.717, 1.165) is 0 Å². The number of benzene rings is 1. The fourth-order valence-corrected chi connectivity index (χ4v) is 2.31. The molecule has 0 aliphatic carbocycles. The minimum atomic E-state index is -0.484. The first-order chi connectivity index (χ1) is 9.97. The Balaban J connectivity index is 0.00000242. The minimum Gasteiger partial charge on any atom is -0.375 e. The maximum atomic E-state index is 10.6. The molecule has 1 aromatic rings. The molecule has 2 rings (SSSR count). The van der Waals surface area contributed by atoms with Crippen molar-refractivity contribution in [1.29, 1.82) is 0 Å². The highest BCUT2D eigenvalue weighted by atomic mass is 127. The summed E-state index contributed by atoms with van der Waals surface area (Å²) >= 11 is 6.02. The Morgan fingerprint density at radius 1 is 1.64 bits per heavy atom. The number of nitrogens with two attached hydrogens (primary N) is 1. The first-order valence-electron chi connectivity index (χ1n) is 6.56. The molecule has 0 aromatic heterocycles. The largest absolute Gasteiger partial charge is 0.375 e. The van der Waals surface area contributed by atoms with Gasteiger partial charge in [-0.05, 0) is 18.6 Å². The van der Waals surface area contributed by atoms with Gasteiger partial charge in [0.2, 0.25) is 0 Å². The lowest BCUT2D eigenvalue weighted by molar-refractivity contribution is -0.384. The average molecular weight is 441 g/mol. The summed E-state index contributed by atoms with van der Waals surface area (Å²) in [6.07, 6.45) is 0.121. The summed E-state index contributed by atoms with van der Waals surface area (Å²) in [6.45, 7) is 4.29. The van der Waals surface area contributed by atoms with E-state index in [1.54, 1.807) is 6.07 Å². The fourth-order valence-electron chi connectivity index (χ4n) is 2.07. The second-order valence-corrected chi connectivity index (χ2v) is 5.24. The van der Waals surface area contributed by atoms with Gasteiger partial charge in [-0.15, -0.1) is 24.0 Å². The van der Waals surface area contributed by atoms with Crippen molar-refractivity contribution in [2.75, 3.05) is 19.7 Å². The Kier molecular flexibility index (Phi) is 7.30. The number of rotatable bonds is 3. The van der Waals surface area contributed by atoms with Gasteiger partial charge in [-0.1, -0.05) is 11.6 Å². The van der Waals surface area contributed by atoms with Crippen LogP contribution in [-0.4, -0.2) is 41.6 Å². The molecule has 22 heavy (non-hydrogen) atoms. The Hall–Kier alpha value is -1.13. The molecule has 0 bridgehead atoms. The summed E-state index contributed by atoms with van der Waals surface area (Å²) in [7, 11) is 0. The van der Waals surface area contributed by atoms with Crippen LogP contribution in [0.15, 0.2) is 23.2 Å². The van der Waals surface area contributed by atoms with Gasteiger partial charge in [-0.2, -0.15) is 0 Å². The molecule has 1 aromatic carbocycles. The fraction of sp³-hybridized carbons (Fsp3) is 0.462. The number of halogens is 2. The van der Waals surface area contributed by atoms with E-state index in [1.807, 2.05) is 11.8 Å². The van der Waals surface area contributed by atoms with Gasteiger partial charge < -0.3 is 15.4 Å². The topological polar surface area (TPSA) is 94.0 Å². The van der Waals surface area contributed by atoms with Crippen molar-refractivity contribution in [3.05, 3.63) is 38.9 Å². The summed E-state index contributed by atoms with van der Waals surface area (Å²) in [4.78, 5) is 16.4. The van der Waals surface area contributed by atoms with Crippen LogP contribution in [0.3, 0.4) is 0 Å². The lowest BCUT2D eigenvalue weighted by atomic mass is 10.2. The van der Waals surface area contributed by atoms with Crippen LogP contribution in [0.25, 0.3) is 0 Å². The minimum absolute atomic E-state index is 0. The smallest absolute Gasteiger partial charge is 0.270 e. The van der Waals surface area contributed by atoms with Crippen LogP contribution in [0.1, 0.15) is 12.5 Å². The van der Waals surface area contributed by atoms with Gasteiger partial charge in [0.05, 0.1) is 29.2 Å². The van der Waals surface area contributed by atoms with E-state index in [-0.39, 0.29) is 42.3 Å². The molecule has 0 amide bonds. The summed E-state index contributed by atoms with van der Waals surface area (Å²) in [6, 6.07) is 4.32. The van der Waals surface area contributed by atoms with Gasteiger partial charge in [0.15, 0.2) is 5.96 Å². The third kappa shape index (κ3) is 4.96. The molecule has 7 nitrogen and oxygen atoms in total. The highest BCUT2D eigenvalue weighted by molar-refractivity contribution is 14.0. The zero-order valence-corrected chi connectivity index (χ0v) is 15.2. The number of hydrogen-bond acceptors (Lipinski definition) is 4. The van der Waals surface area contributed by atoms with E-state index in [4.69, 9.17) is 22.1 Å². The SMILES string of the molecule is CC1CN(C(N)=NCc2ccc([N+](=O)[O-])cc2Cl)CCO1.I. The van der Waals surface area contributed by atoms with Crippen LogP contribution in [-0.2, 0) is 11.3 Å². The Labute approximate surface area is 150 Å². The molecule has 0 saturated carbocycles. The van der Waals surface area contributed by atoms with Crippen LogP contribution in [0.5, 0.6) is 0 Å². The van der Waals surface area contributed by atoms with Crippen molar-refractivity contribution >= 4 is 47.2 Å². The number of nitro groups is 1. The second-order valence-electron chi connectivity index (χ2n) is 4.83. The van der Waals surface area contributed by atoms with Crippen LogP contribution in [0.4, 0.5) is 5.69 Å². The molecule has 0 radical (unpaired) electrons. The summed E-state index contributed by atoms with van der Waals surface area (Å²) < 4.78 is 5.44. The number of aliphatic imine (C=N–C) groups is 1. The number of nitro benzene ring substituents is 1. The third-order valence-corrected chi connectivity index (χ3v) is 3.58. The monoisotopic (exact) mass is 440 g/mol. The zero-order chi connectivity index (χ0) is 15.4. The third-order valence-electron chi connectivity index (χ3n) is 3.22. The molecular formula is C13H18ClIN4O3. The first-order valence-corrected chi connectivity index (χ1v) is 6.94. The molecule has 1 aliphatic heterocycles. The van der Waals surface area contributed by atoms with Crippen molar-refractivity contribution in [3.8, 4) is 0 Å². The van der Waals surface area contributed by atoms with Crippen LogP contribution in [0.2, 0.25) is 5.02 Å². The zero-order valence-electron chi connectivity index (χ0n) is 12.1. The lowest BCUT2D eigenvalue weighted by Crippen LogP contribution is -2.47. The molecule has 9 heteroatoms. The molecule has 1 unspecified atom stereocenters. The molecule has 0 spiro atoms. The van der Waals surface area contributed by atoms with Gasteiger partial charge >= 0.3 is 0 Å². The first kappa shape index (κ1) is 18.9. The Morgan fingerprint density at radius 3 is 2.95 bits per heavy atom. The number of ether oxygens (including phenoxy) is 1. The lowest BCUT2D eigenvalue weighted by Gasteiger charge is -2.31. The molecular weight excluding hydrogens is 423 g/mol. The Morgan fingerprint density at radius 2 is 2.36 bits per heavy atom. The van der Waals surface area contributed by atoms with Gasteiger partial charge in [0.25, 0.3) is 5.69 Å². The highest BCUT2D eigenvalue weighted by Gasteiger charge is 2.18. The maximum Gasteiger partial charge on any atom is 0.270 e.